The number of rotatable bonds is 7. The molecule has 5 heteroatoms. The molecule has 0 saturated carbocycles. The molecule has 0 amide bonds. The number of carboxylic acids is 1. The van der Waals surface area contributed by atoms with Crippen LogP contribution in [0.5, 0.6) is 0 Å². The standard InChI is InChI=1S/C13H17Cl2NO2/c1-16(8-3-2-7-12(17)18)9-10-5-4-6-11(14)13(10)15/h4-6H,2-3,7-9H2,1H3,(H,17,18). The Hall–Kier alpha value is -0.770. The van der Waals surface area contributed by atoms with Crippen molar-refractivity contribution in [1.29, 1.82) is 0 Å². The molecule has 0 aliphatic carbocycles. The van der Waals surface area contributed by atoms with Crippen LogP contribution < -0.4 is 0 Å². The summed E-state index contributed by atoms with van der Waals surface area (Å²) < 4.78 is 0. The molecule has 1 aromatic rings. The van der Waals surface area contributed by atoms with Crippen LogP contribution in [-0.4, -0.2) is 29.6 Å². The molecule has 0 atom stereocenters. The molecule has 100 valence electrons. The van der Waals surface area contributed by atoms with Crippen LogP contribution >= 0.6 is 23.2 Å². The van der Waals surface area contributed by atoms with Crippen molar-refractivity contribution in [3.05, 3.63) is 33.8 Å². The quantitative estimate of drug-likeness (QED) is 0.779. The van der Waals surface area contributed by atoms with Crippen LogP contribution in [0.3, 0.4) is 0 Å². The van der Waals surface area contributed by atoms with Crippen molar-refractivity contribution in [2.24, 2.45) is 0 Å². The summed E-state index contributed by atoms with van der Waals surface area (Å²) in [6.07, 6.45) is 1.79. The van der Waals surface area contributed by atoms with Crippen molar-refractivity contribution >= 4 is 29.2 Å². The molecule has 18 heavy (non-hydrogen) atoms. The van der Waals surface area contributed by atoms with Gasteiger partial charge in [0.2, 0.25) is 0 Å². The highest BCUT2D eigenvalue weighted by Gasteiger charge is 2.07. The van der Waals surface area contributed by atoms with E-state index in [2.05, 4.69) is 4.90 Å². The van der Waals surface area contributed by atoms with E-state index in [0.29, 0.717) is 23.0 Å². The number of hydrogen-bond acceptors (Lipinski definition) is 2. The van der Waals surface area contributed by atoms with Crippen molar-refractivity contribution in [1.82, 2.24) is 4.90 Å². The number of aliphatic carboxylic acids is 1. The third-order valence-corrected chi connectivity index (χ3v) is 3.51. The summed E-state index contributed by atoms with van der Waals surface area (Å²) in [5.41, 5.74) is 0.991. The van der Waals surface area contributed by atoms with Crippen molar-refractivity contribution in [3.8, 4) is 0 Å². The lowest BCUT2D eigenvalue weighted by Crippen LogP contribution is -2.19. The van der Waals surface area contributed by atoms with Crippen LogP contribution in [0.25, 0.3) is 0 Å². The molecule has 0 heterocycles. The van der Waals surface area contributed by atoms with E-state index in [1.165, 1.54) is 0 Å². The highest BCUT2D eigenvalue weighted by atomic mass is 35.5. The first kappa shape index (κ1) is 15.3. The number of benzene rings is 1. The predicted molar refractivity (Wildman–Crippen MR) is 74.3 cm³/mol. The fraction of sp³-hybridized carbons (Fsp3) is 0.462. The highest BCUT2D eigenvalue weighted by Crippen LogP contribution is 2.26. The molecule has 0 unspecified atom stereocenters. The number of carbonyl (C=O) groups is 1. The number of unbranched alkanes of at least 4 members (excludes halogenated alkanes) is 1. The second kappa shape index (κ2) is 7.62. The number of halogens is 2. The second-order valence-corrected chi connectivity index (χ2v) is 5.09. The molecule has 3 nitrogen and oxygen atoms in total. The normalized spacial score (nSPS) is 10.9. The van der Waals surface area contributed by atoms with Crippen LogP contribution in [0, 0.1) is 0 Å². The Labute approximate surface area is 117 Å². The van der Waals surface area contributed by atoms with Gasteiger partial charge in [-0.1, -0.05) is 35.3 Å². The molecule has 0 bridgehead atoms. The maximum atomic E-state index is 10.4. The van der Waals surface area contributed by atoms with E-state index in [1.807, 2.05) is 19.2 Å². The smallest absolute Gasteiger partial charge is 0.303 e. The molecule has 1 aromatic carbocycles. The molecule has 0 spiro atoms. The lowest BCUT2D eigenvalue weighted by molar-refractivity contribution is -0.137. The van der Waals surface area contributed by atoms with Crippen molar-refractivity contribution in [2.45, 2.75) is 25.8 Å². The summed E-state index contributed by atoms with van der Waals surface area (Å²) in [6.45, 7) is 1.56. The minimum absolute atomic E-state index is 0.228. The van der Waals surface area contributed by atoms with Crippen LogP contribution in [0.2, 0.25) is 10.0 Å². The summed E-state index contributed by atoms with van der Waals surface area (Å²) in [6, 6.07) is 5.59. The van der Waals surface area contributed by atoms with Gasteiger partial charge in [0.15, 0.2) is 0 Å². The van der Waals surface area contributed by atoms with Crippen LogP contribution in [0.1, 0.15) is 24.8 Å². The van der Waals surface area contributed by atoms with Crippen LogP contribution in [0.15, 0.2) is 18.2 Å². The number of carboxylic acid groups (broad SMARTS) is 1. The van der Waals surface area contributed by atoms with Crippen molar-refractivity contribution in [2.75, 3.05) is 13.6 Å². The van der Waals surface area contributed by atoms with E-state index >= 15 is 0 Å². The molecule has 1 N–H and O–H groups in total. The summed E-state index contributed by atoms with van der Waals surface area (Å²) in [4.78, 5) is 12.5. The monoisotopic (exact) mass is 289 g/mol. The Bertz CT molecular complexity index is 410. The lowest BCUT2D eigenvalue weighted by Gasteiger charge is -2.17. The second-order valence-electron chi connectivity index (χ2n) is 4.30. The Balaban J connectivity index is 2.37. The average Bonchev–Trinajstić information content (AvgIpc) is 2.30. The minimum Gasteiger partial charge on any atom is -0.481 e. The van der Waals surface area contributed by atoms with Gasteiger partial charge in [-0.2, -0.15) is 0 Å². The molecular formula is C13H17Cl2NO2. The van der Waals surface area contributed by atoms with Crippen molar-refractivity contribution in [3.63, 3.8) is 0 Å². The zero-order valence-corrected chi connectivity index (χ0v) is 11.8. The van der Waals surface area contributed by atoms with Gasteiger partial charge in [-0.15, -0.1) is 0 Å². The van der Waals surface area contributed by atoms with Gasteiger partial charge in [0, 0.05) is 13.0 Å². The molecule has 0 aromatic heterocycles. The van der Waals surface area contributed by atoms with E-state index in [4.69, 9.17) is 28.3 Å². The summed E-state index contributed by atoms with van der Waals surface area (Å²) in [5.74, 6) is -0.740. The largest absolute Gasteiger partial charge is 0.481 e. The first-order valence-electron chi connectivity index (χ1n) is 5.84. The maximum absolute atomic E-state index is 10.4. The zero-order chi connectivity index (χ0) is 13.5. The average molecular weight is 290 g/mol. The van der Waals surface area contributed by atoms with Gasteiger partial charge < -0.3 is 10.0 Å². The molecular weight excluding hydrogens is 273 g/mol. The first-order valence-corrected chi connectivity index (χ1v) is 6.59. The van der Waals surface area contributed by atoms with Gasteiger partial charge >= 0.3 is 5.97 Å². The molecule has 0 saturated heterocycles. The van der Waals surface area contributed by atoms with E-state index < -0.39 is 5.97 Å². The minimum atomic E-state index is -0.740. The summed E-state index contributed by atoms with van der Waals surface area (Å²) in [7, 11) is 1.98. The Kier molecular flexibility index (Phi) is 6.47. The summed E-state index contributed by atoms with van der Waals surface area (Å²) >= 11 is 12.0. The third-order valence-electron chi connectivity index (χ3n) is 2.65. The topological polar surface area (TPSA) is 40.5 Å². The lowest BCUT2D eigenvalue weighted by atomic mass is 10.2. The summed E-state index contributed by atoms with van der Waals surface area (Å²) in [5, 5.41) is 9.69. The van der Waals surface area contributed by atoms with Gasteiger partial charge in [0.1, 0.15) is 0 Å². The van der Waals surface area contributed by atoms with Gasteiger partial charge in [-0.25, -0.2) is 0 Å². The van der Waals surface area contributed by atoms with Gasteiger partial charge in [0.25, 0.3) is 0 Å². The fourth-order valence-electron chi connectivity index (χ4n) is 1.70. The van der Waals surface area contributed by atoms with Gasteiger partial charge in [-0.3, -0.25) is 4.79 Å². The van der Waals surface area contributed by atoms with E-state index in [0.717, 1.165) is 18.5 Å². The van der Waals surface area contributed by atoms with E-state index in [1.54, 1.807) is 6.07 Å². The van der Waals surface area contributed by atoms with Gasteiger partial charge in [0.05, 0.1) is 10.0 Å². The zero-order valence-electron chi connectivity index (χ0n) is 10.3. The Morgan fingerprint density at radius 3 is 2.72 bits per heavy atom. The molecule has 1 rings (SSSR count). The SMILES string of the molecule is CN(CCCCC(=O)O)Cc1cccc(Cl)c1Cl. The predicted octanol–water partition coefficient (Wildman–Crippen LogP) is 3.68. The fourth-order valence-corrected chi connectivity index (χ4v) is 2.08. The van der Waals surface area contributed by atoms with Crippen LogP contribution in [0.4, 0.5) is 0 Å². The van der Waals surface area contributed by atoms with Crippen LogP contribution in [-0.2, 0) is 11.3 Å². The first-order chi connectivity index (χ1) is 8.50. The highest BCUT2D eigenvalue weighted by molar-refractivity contribution is 6.42. The van der Waals surface area contributed by atoms with E-state index in [9.17, 15) is 4.79 Å². The molecule has 0 aliphatic rings. The molecule has 0 fully saturated rings. The maximum Gasteiger partial charge on any atom is 0.303 e. The van der Waals surface area contributed by atoms with Crippen molar-refractivity contribution < 1.29 is 9.90 Å². The Morgan fingerprint density at radius 1 is 1.33 bits per heavy atom. The molecule has 0 radical (unpaired) electrons. The Morgan fingerprint density at radius 2 is 2.06 bits per heavy atom. The van der Waals surface area contributed by atoms with E-state index in [-0.39, 0.29) is 6.42 Å². The number of nitrogens with zero attached hydrogens (tertiary/aromatic N) is 1. The molecule has 0 aliphatic heterocycles. The third kappa shape index (κ3) is 5.25. The van der Waals surface area contributed by atoms with Gasteiger partial charge in [-0.05, 0) is 38.1 Å². The number of hydrogen-bond donors (Lipinski definition) is 1.